The Kier molecular flexibility index (Phi) is 4.35. The van der Waals surface area contributed by atoms with Crippen LogP contribution in [0.5, 0.6) is 0 Å². The van der Waals surface area contributed by atoms with E-state index in [-0.39, 0.29) is 11.5 Å². The molecule has 1 fully saturated rings. The molecule has 0 unspecified atom stereocenters. The van der Waals surface area contributed by atoms with Gasteiger partial charge in [-0.3, -0.25) is 4.79 Å². The number of nitriles is 1. The second-order valence-corrected chi connectivity index (χ2v) is 5.53. The minimum atomic E-state index is -0.603. The second-order valence-electron chi connectivity index (χ2n) is 4.55. The van der Waals surface area contributed by atoms with Crippen LogP contribution in [0.15, 0.2) is 0 Å². The predicted molar refractivity (Wildman–Crippen MR) is 74.1 cm³/mol. The van der Waals surface area contributed by atoms with E-state index in [2.05, 4.69) is 15.8 Å². The summed E-state index contributed by atoms with van der Waals surface area (Å²) in [6.07, 6.45) is 2.49. The van der Waals surface area contributed by atoms with Gasteiger partial charge >= 0.3 is 5.97 Å². The predicted octanol–water partition coefficient (Wildman–Crippen LogP) is 2.01. The van der Waals surface area contributed by atoms with E-state index in [9.17, 15) is 9.59 Å². The summed E-state index contributed by atoms with van der Waals surface area (Å²) in [4.78, 5) is 29.9. The number of rotatable bonds is 6. The van der Waals surface area contributed by atoms with Crippen LogP contribution in [0, 0.1) is 11.3 Å². The first-order valence-corrected chi connectivity index (χ1v) is 7.13. The fourth-order valence-electron chi connectivity index (χ4n) is 1.90. The van der Waals surface area contributed by atoms with Gasteiger partial charge in [-0.15, -0.1) is 0 Å². The van der Waals surface area contributed by atoms with E-state index in [0.29, 0.717) is 29.0 Å². The summed E-state index contributed by atoms with van der Waals surface area (Å²) in [7, 11) is 1.26. The summed E-state index contributed by atoms with van der Waals surface area (Å²) in [5.74, 6) is -0.807. The van der Waals surface area contributed by atoms with Crippen molar-refractivity contribution >= 4 is 28.2 Å². The number of methoxy groups -OCH3 is 1. The number of hydrogen-bond donors (Lipinski definition) is 0. The van der Waals surface area contributed by atoms with Gasteiger partial charge < -0.3 is 9.64 Å². The Balaban J connectivity index is 2.33. The molecule has 2 rings (SSSR count). The van der Waals surface area contributed by atoms with E-state index in [4.69, 9.17) is 5.26 Å². The summed E-state index contributed by atoms with van der Waals surface area (Å²) in [5.41, 5.74) is 0.0719. The lowest BCUT2D eigenvalue weighted by atomic mass is 10.3. The molecule has 0 amide bonds. The minimum absolute atomic E-state index is 0.0719. The van der Waals surface area contributed by atoms with Gasteiger partial charge in [0.15, 0.2) is 16.6 Å². The topological polar surface area (TPSA) is 83.3 Å². The molecule has 0 aliphatic heterocycles. The van der Waals surface area contributed by atoms with Gasteiger partial charge in [0.1, 0.15) is 4.88 Å². The smallest absolute Gasteiger partial charge is 0.358 e. The van der Waals surface area contributed by atoms with Gasteiger partial charge in [0.25, 0.3) is 0 Å². The van der Waals surface area contributed by atoms with Gasteiger partial charge in [-0.2, -0.15) is 5.26 Å². The summed E-state index contributed by atoms with van der Waals surface area (Å²) in [6.45, 7) is 1.97. The normalized spacial score (nSPS) is 13.7. The molecule has 7 heteroatoms. The molecular weight excluding hydrogens is 278 g/mol. The van der Waals surface area contributed by atoms with E-state index in [1.807, 2.05) is 4.90 Å². The number of anilines is 1. The highest BCUT2D eigenvalue weighted by atomic mass is 32.1. The maximum Gasteiger partial charge on any atom is 0.358 e. The second kappa shape index (κ2) is 6.01. The number of hydrogen-bond acceptors (Lipinski definition) is 7. The van der Waals surface area contributed by atoms with Crippen molar-refractivity contribution in [3.05, 3.63) is 10.6 Å². The molecule has 106 valence electrons. The quantitative estimate of drug-likeness (QED) is 0.589. The zero-order valence-electron chi connectivity index (χ0n) is 11.4. The monoisotopic (exact) mass is 293 g/mol. The van der Waals surface area contributed by atoms with Crippen LogP contribution < -0.4 is 4.90 Å². The van der Waals surface area contributed by atoms with Crippen LogP contribution in [-0.4, -0.2) is 36.4 Å². The molecule has 0 atom stereocenters. The van der Waals surface area contributed by atoms with Crippen molar-refractivity contribution < 1.29 is 14.3 Å². The molecule has 1 heterocycles. The van der Waals surface area contributed by atoms with Crippen LogP contribution in [0.3, 0.4) is 0 Å². The number of carbonyl (C=O) groups excluding carboxylic acids is 2. The fourth-order valence-corrected chi connectivity index (χ4v) is 2.94. The molecule has 1 saturated carbocycles. The number of ether oxygens (including phenoxy) is 1. The molecule has 0 aromatic carbocycles. The van der Waals surface area contributed by atoms with Gasteiger partial charge in [0, 0.05) is 19.5 Å². The average Bonchev–Trinajstić information content (AvgIpc) is 3.16. The molecule has 6 nitrogen and oxygen atoms in total. The van der Waals surface area contributed by atoms with Gasteiger partial charge in [-0.05, 0) is 12.8 Å². The molecule has 1 aromatic rings. The lowest BCUT2D eigenvalue weighted by Gasteiger charge is -2.19. The Morgan fingerprint density at radius 1 is 1.55 bits per heavy atom. The molecule has 0 saturated heterocycles. The van der Waals surface area contributed by atoms with Gasteiger partial charge in [0.05, 0.1) is 19.6 Å². The molecule has 0 spiro atoms. The SMILES string of the molecule is COC(=O)c1nc(N(CCC#N)C2CC2)sc1C(C)=O. The van der Waals surface area contributed by atoms with Gasteiger partial charge in [-0.25, -0.2) is 9.78 Å². The first kappa shape index (κ1) is 14.5. The lowest BCUT2D eigenvalue weighted by Crippen LogP contribution is -2.26. The van der Waals surface area contributed by atoms with E-state index >= 15 is 0 Å². The zero-order valence-corrected chi connectivity index (χ0v) is 12.2. The highest BCUT2D eigenvalue weighted by Crippen LogP contribution is 2.35. The zero-order chi connectivity index (χ0) is 14.7. The van der Waals surface area contributed by atoms with Crippen LogP contribution in [0.4, 0.5) is 5.13 Å². The van der Waals surface area contributed by atoms with E-state index < -0.39 is 5.97 Å². The van der Waals surface area contributed by atoms with E-state index in [1.165, 1.54) is 25.4 Å². The Bertz CT molecular complexity index is 572. The van der Waals surface area contributed by atoms with Crippen molar-refractivity contribution in [2.45, 2.75) is 32.2 Å². The van der Waals surface area contributed by atoms with Crippen LogP contribution in [0.25, 0.3) is 0 Å². The first-order valence-electron chi connectivity index (χ1n) is 6.32. The molecule has 0 N–H and O–H groups in total. The number of ketones is 1. The fraction of sp³-hybridized carbons (Fsp3) is 0.538. The molecule has 1 aliphatic carbocycles. The summed E-state index contributed by atoms with van der Waals surface area (Å²) >= 11 is 1.19. The number of esters is 1. The van der Waals surface area contributed by atoms with Crippen molar-refractivity contribution in [3.63, 3.8) is 0 Å². The van der Waals surface area contributed by atoms with Gasteiger partial charge in [0.2, 0.25) is 0 Å². The third-order valence-electron chi connectivity index (χ3n) is 3.01. The lowest BCUT2D eigenvalue weighted by molar-refractivity contribution is 0.0591. The van der Waals surface area contributed by atoms with Crippen LogP contribution in [0.2, 0.25) is 0 Å². The third-order valence-corrected chi connectivity index (χ3v) is 4.21. The summed E-state index contributed by atoms with van der Waals surface area (Å²) in [6, 6.07) is 2.47. The van der Waals surface area contributed by atoms with Crippen molar-refractivity contribution in [1.82, 2.24) is 4.98 Å². The van der Waals surface area contributed by atoms with Crippen LogP contribution in [0.1, 0.15) is 46.3 Å². The summed E-state index contributed by atoms with van der Waals surface area (Å²) in [5, 5.41) is 9.34. The highest BCUT2D eigenvalue weighted by molar-refractivity contribution is 7.17. The third kappa shape index (κ3) is 2.96. The molecule has 1 aliphatic rings. The largest absolute Gasteiger partial charge is 0.464 e. The van der Waals surface area contributed by atoms with E-state index in [1.54, 1.807) is 0 Å². The number of nitrogens with zero attached hydrogens (tertiary/aromatic N) is 3. The van der Waals surface area contributed by atoms with Crippen LogP contribution >= 0.6 is 11.3 Å². The Morgan fingerprint density at radius 3 is 2.75 bits per heavy atom. The Labute approximate surface area is 121 Å². The molecular formula is C13H15N3O3S. The van der Waals surface area contributed by atoms with Crippen molar-refractivity contribution in [3.8, 4) is 6.07 Å². The van der Waals surface area contributed by atoms with Crippen molar-refractivity contribution in [2.24, 2.45) is 0 Å². The maximum atomic E-state index is 11.7. The molecule has 1 aromatic heterocycles. The average molecular weight is 293 g/mol. The Hall–Kier alpha value is -1.94. The highest BCUT2D eigenvalue weighted by Gasteiger charge is 2.33. The molecule has 0 bridgehead atoms. The first-order chi connectivity index (χ1) is 9.58. The standard InChI is InChI=1S/C13H15N3O3S/c1-8(17)11-10(12(18)19-2)15-13(20-11)16(7-3-6-14)9-4-5-9/h9H,3-5,7H2,1-2H3. The van der Waals surface area contributed by atoms with Crippen molar-refractivity contribution in [1.29, 1.82) is 5.26 Å². The minimum Gasteiger partial charge on any atom is -0.464 e. The van der Waals surface area contributed by atoms with Crippen LogP contribution in [-0.2, 0) is 4.74 Å². The summed E-state index contributed by atoms with van der Waals surface area (Å²) < 4.78 is 4.66. The van der Waals surface area contributed by atoms with Crippen molar-refractivity contribution in [2.75, 3.05) is 18.6 Å². The number of Topliss-reactive ketones (excluding diaryl/α,β-unsaturated/α-hetero) is 1. The molecule has 20 heavy (non-hydrogen) atoms. The van der Waals surface area contributed by atoms with E-state index in [0.717, 1.165) is 12.8 Å². The Morgan fingerprint density at radius 2 is 2.25 bits per heavy atom. The maximum absolute atomic E-state index is 11.7. The number of aromatic nitrogens is 1. The van der Waals surface area contributed by atoms with Gasteiger partial charge in [-0.1, -0.05) is 11.3 Å². The molecule has 0 radical (unpaired) electrons. The number of thiazole rings is 1. The number of carbonyl (C=O) groups is 2.